The van der Waals surface area contributed by atoms with Crippen LogP contribution in [-0.4, -0.2) is 35.5 Å². The highest BCUT2D eigenvalue weighted by Gasteiger charge is 2.62. The molecule has 3 aromatic heterocycles. The lowest BCUT2D eigenvalue weighted by molar-refractivity contribution is -0.216. The molecule has 0 saturated heterocycles. The van der Waals surface area contributed by atoms with E-state index < -0.39 is 11.6 Å². The van der Waals surface area contributed by atoms with E-state index in [1.807, 2.05) is 23.8 Å². The number of hydrogen-bond donors (Lipinski definition) is 0. The molecule has 0 amide bonds. The predicted octanol–water partition coefficient (Wildman–Crippen LogP) is 4.55. The highest BCUT2D eigenvalue weighted by molar-refractivity contribution is 6.28. The van der Waals surface area contributed by atoms with Crippen molar-refractivity contribution in [2.45, 2.75) is 57.3 Å². The first kappa shape index (κ1) is 18.6. The van der Waals surface area contributed by atoms with Crippen molar-refractivity contribution in [1.29, 1.82) is 0 Å². The van der Waals surface area contributed by atoms with Gasteiger partial charge in [-0.05, 0) is 49.4 Å². The molecule has 6 nitrogen and oxygen atoms in total. The highest BCUT2D eigenvalue weighted by atomic mass is 35.5. The molecule has 0 unspecified atom stereocenters. The van der Waals surface area contributed by atoms with Gasteiger partial charge < -0.3 is 9.13 Å². The standard InChI is InChI=1S/C19H18ClF3N6/c1-11-9-24-17(20)25-14(11)12-8-13-15-26-27-16(18(4-2-5-18)19(21,22)23)29(15)7-3-6-28(13)10-12/h8-10H,2-7H2,1H3. The van der Waals surface area contributed by atoms with Crippen molar-refractivity contribution >= 4 is 11.6 Å². The van der Waals surface area contributed by atoms with Crippen molar-refractivity contribution in [1.82, 2.24) is 29.3 Å². The molecular weight excluding hydrogens is 405 g/mol. The Morgan fingerprint density at radius 1 is 1.14 bits per heavy atom. The van der Waals surface area contributed by atoms with E-state index in [1.165, 1.54) is 0 Å². The fourth-order valence-corrected chi connectivity index (χ4v) is 4.48. The van der Waals surface area contributed by atoms with E-state index in [9.17, 15) is 13.2 Å². The van der Waals surface area contributed by atoms with Gasteiger partial charge in [0, 0.05) is 31.0 Å². The average Bonchev–Trinajstić information content (AvgIpc) is 3.16. The van der Waals surface area contributed by atoms with E-state index in [1.54, 1.807) is 10.8 Å². The first-order valence-electron chi connectivity index (χ1n) is 9.51. The first-order chi connectivity index (χ1) is 13.8. The third kappa shape index (κ3) is 2.70. The third-order valence-electron chi connectivity index (χ3n) is 6.05. The highest BCUT2D eigenvalue weighted by Crippen LogP contribution is 2.54. The number of aromatic nitrogens is 6. The van der Waals surface area contributed by atoms with Crippen LogP contribution in [0.3, 0.4) is 0 Å². The Morgan fingerprint density at radius 2 is 1.93 bits per heavy atom. The van der Waals surface area contributed by atoms with E-state index in [2.05, 4.69) is 20.2 Å². The van der Waals surface area contributed by atoms with E-state index >= 15 is 0 Å². The minimum Gasteiger partial charge on any atom is -0.344 e. The maximum absolute atomic E-state index is 13.9. The molecule has 1 fully saturated rings. The van der Waals surface area contributed by atoms with Gasteiger partial charge in [0.25, 0.3) is 0 Å². The Balaban J connectivity index is 1.64. The zero-order chi connectivity index (χ0) is 20.4. The molecule has 3 aromatic rings. The van der Waals surface area contributed by atoms with Gasteiger partial charge in [-0.2, -0.15) is 13.2 Å². The molecule has 1 aliphatic heterocycles. The Labute approximate surface area is 169 Å². The van der Waals surface area contributed by atoms with E-state index in [0.29, 0.717) is 37.4 Å². The molecule has 0 atom stereocenters. The van der Waals surface area contributed by atoms with Crippen LogP contribution in [0.15, 0.2) is 18.5 Å². The fourth-order valence-electron chi connectivity index (χ4n) is 4.35. The van der Waals surface area contributed by atoms with Crippen molar-refractivity contribution in [3.05, 3.63) is 35.1 Å². The summed E-state index contributed by atoms with van der Waals surface area (Å²) in [6.07, 6.45) is 0.640. The number of halogens is 4. The third-order valence-corrected chi connectivity index (χ3v) is 6.23. The second-order valence-corrected chi connectivity index (χ2v) is 8.10. The molecule has 5 rings (SSSR count). The van der Waals surface area contributed by atoms with Crippen LogP contribution in [0.2, 0.25) is 5.28 Å². The molecule has 10 heteroatoms. The Hall–Kier alpha value is -2.42. The molecule has 1 saturated carbocycles. The second kappa shape index (κ2) is 6.29. The lowest BCUT2D eigenvalue weighted by Gasteiger charge is -2.42. The summed E-state index contributed by atoms with van der Waals surface area (Å²) in [7, 11) is 0. The summed E-state index contributed by atoms with van der Waals surface area (Å²) >= 11 is 5.96. The Morgan fingerprint density at radius 3 is 2.62 bits per heavy atom. The van der Waals surface area contributed by atoms with E-state index in [0.717, 1.165) is 16.8 Å². The molecule has 0 aromatic carbocycles. The molecule has 29 heavy (non-hydrogen) atoms. The fraction of sp³-hybridized carbons (Fsp3) is 0.474. The van der Waals surface area contributed by atoms with Crippen molar-refractivity contribution in [2.75, 3.05) is 0 Å². The number of fused-ring (bicyclic) bond motifs is 3. The van der Waals surface area contributed by atoms with Crippen molar-refractivity contribution in [2.24, 2.45) is 0 Å². The van der Waals surface area contributed by atoms with Gasteiger partial charge in [-0.1, -0.05) is 6.42 Å². The normalized spacial score (nSPS) is 18.0. The van der Waals surface area contributed by atoms with E-state index in [4.69, 9.17) is 11.6 Å². The lowest BCUT2D eigenvalue weighted by atomic mass is 9.67. The van der Waals surface area contributed by atoms with Gasteiger partial charge in [0.05, 0.1) is 11.4 Å². The molecule has 1 aliphatic carbocycles. The summed E-state index contributed by atoms with van der Waals surface area (Å²) in [5, 5.41) is 8.39. The van der Waals surface area contributed by atoms with E-state index in [-0.39, 0.29) is 23.9 Å². The molecule has 2 aliphatic rings. The van der Waals surface area contributed by atoms with Gasteiger partial charge in [-0.25, -0.2) is 9.97 Å². The maximum atomic E-state index is 13.9. The van der Waals surface area contributed by atoms with Crippen LogP contribution in [0, 0.1) is 6.92 Å². The second-order valence-electron chi connectivity index (χ2n) is 7.76. The summed E-state index contributed by atoms with van der Waals surface area (Å²) in [4.78, 5) is 8.30. The zero-order valence-electron chi connectivity index (χ0n) is 15.7. The molecular formula is C19H18ClF3N6. The van der Waals surface area contributed by atoms with Crippen molar-refractivity contribution in [3.8, 4) is 22.8 Å². The average molecular weight is 423 g/mol. The van der Waals surface area contributed by atoms with Gasteiger partial charge >= 0.3 is 6.18 Å². The molecule has 0 spiro atoms. The molecule has 0 N–H and O–H groups in total. The number of aryl methyl sites for hydroxylation is 2. The maximum Gasteiger partial charge on any atom is 0.401 e. The smallest absolute Gasteiger partial charge is 0.344 e. The lowest BCUT2D eigenvalue weighted by Crippen LogP contribution is -2.49. The van der Waals surface area contributed by atoms with Crippen LogP contribution in [0.1, 0.15) is 37.1 Å². The van der Waals surface area contributed by atoms with Gasteiger partial charge in [0.2, 0.25) is 5.28 Å². The van der Waals surface area contributed by atoms with Gasteiger partial charge in [0.1, 0.15) is 11.2 Å². The number of alkyl halides is 3. The Kier molecular flexibility index (Phi) is 4.03. The largest absolute Gasteiger partial charge is 0.401 e. The minimum atomic E-state index is -4.33. The Bertz CT molecular complexity index is 1100. The first-order valence-corrected chi connectivity index (χ1v) is 9.88. The number of rotatable bonds is 2. The minimum absolute atomic E-state index is 0.0451. The van der Waals surface area contributed by atoms with Crippen molar-refractivity contribution in [3.63, 3.8) is 0 Å². The zero-order valence-corrected chi connectivity index (χ0v) is 16.4. The summed E-state index contributed by atoms with van der Waals surface area (Å²) in [6.45, 7) is 3.03. The molecule has 152 valence electrons. The summed E-state index contributed by atoms with van der Waals surface area (Å²) in [5.74, 6) is 0.515. The molecule has 4 heterocycles. The number of hydrogen-bond acceptors (Lipinski definition) is 4. The summed E-state index contributed by atoms with van der Waals surface area (Å²) in [6, 6.07) is 1.89. The van der Waals surface area contributed by atoms with Gasteiger partial charge in [0.15, 0.2) is 5.82 Å². The van der Waals surface area contributed by atoms with Crippen LogP contribution in [-0.2, 0) is 18.5 Å². The van der Waals surface area contributed by atoms with Gasteiger partial charge in [-0.3, -0.25) is 0 Å². The van der Waals surface area contributed by atoms with Crippen LogP contribution < -0.4 is 0 Å². The van der Waals surface area contributed by atoms with Gasteiger partial charge in [-0.15, -0.1) is 10.2 Å². The SMILES string of the molecule is Cc1cnc(Cl)nc1-c1cc2n(c1)CCCn1c-2nnc1C1(C(F)(F)F)CCC1. The molecule has 0 bridgehead atoms. The monoisotopic (exact) mass is 422 g/mol. The topological polar surface area (TPSA) is 61.4 Å². The summed E-state index contributed by atoms with van der Waals surface area (Å²) in [5.41, 5.74) is 1.25. The number of nitrogens with zero attached hydrogens (tertiary/aromatic N) is 6. The van der Waals surface area contributed by atoms with Crippen LogP contribution >= 0.6 is 11.6 Å². The summed E-state index contributed by atoms with van der Waals surface area (Å²) < 4.78 is 45.3. The molecule has 0 radical (unpaired) electrons. The van der Waals surface area contributed by atoms with Crippen molar-refractivity contribution < 1.29 is 13.2 Å². The predicted molar refractivity (Wildman–Crippen MR) is 100 cm³/mol. The van der Waals surface area contributed by atoms with Crippen LogP contribution in [0.4, 0.5) is 13.2 Å². The van der Waals surface area contributed by atoms with Crippen LogP contribution in [0.5, 0.6) is 0 Å². The van der Waals surface area contributed by atoms with Crippen LogP contribution in [0.25, 0.3) is 22.8 Å². The quantitative estimate of drug-likeness (QED) is 0.568.